The lowest BCUT2D eigenvalue weighted by Gasteiger charge is -2.08. The molecule has 0 aromatic heterocycles. The molecule has 0 aliphatic rings. The molecular formula is C35H28Br2Cl2N4O6. The lowest BCUT2D eigenvalue weighted by Crippen LogP contribution is -2.18. The zero-order valence-corrected chi connectivity index (χ0v) is 30.3. The number of ether oxygens (including phenoxy) is 2. The molecule has 0 aliphatic heterocycles. The van der Waals surface area contributed by atoms with Gasteiger partial charge in [-0.3, -0.25) is 9.59 Å². The molecule has 0 unspecified atom stereocenters. The fourth-order valence-electron chi connectivity index (χ4n) is 4.12. The number of carbonyl (C=O) groups is 4. The van der Waals surface area contributed by atoms with Crippen LogP contribution in [0.5, 0.6) is 11.5 Å². The van der Waals surface area contributed by atoms with Gasteiger partial charge >= 0.3 is 11.9 Å². The van der Waals surface area contributed by atoms with Crippen molar-refractivity contribution in [2.24, 2.45) is 10.2 Å². The Balaban J connectivity index is 1.17. The molecule has 49 heavy (non-hydrogen) atoms. The molecule has 0 bridgehead atoms. The largest absolute Gasteiger partial charge is 0.422 e. The molecule has 0 spiro atoms. The summed E-state index contributed by atoms with van der Waals surface area (Å²) >= 11 is 18.5. The molecule has 0 fully saturated rings. The summed E-state index contributed by atoms with van der Waals surface area (Å²) in [6.45, 7) is 0. The third-order valence-electron chi connectivity index (χ3n) is 6.60. The molecule has 0 atom stereocenters. The van der Waals surface area contributed by atoms with Gasteiger partial charge in [-0.25, -0.2) is 20.4 Å². The summed E-state index contributed by atoms with van der Waals surface area (Å²) in [6, 6.07) is 22.7. The van der Waals surface area contributed by atoms with Crippen LogP contribution in [0.4, 0.5) is 0 Å². The minimum absolute atomic E-state index is 0.203. The van der Waals surface area contributed by atoms with E-state index in [9.17, 15) is 19.2 Å². The third-order valence-corrected chi connectivity index (χ3v) is 8.09. The van der Waals surface area contributed by atoms with Crippen molar-refractivity contribution in [2.45, 2.75) is 32.1 Å². The number of rotatable bonds is 14. The molecule has 0 heterocycles. The van der Waals surface area contributed by atoms with Crippen LogP contribution in [0.2, 0.25) is 10.0 Å². The van der Waals surface area contributed by atoms with Gasteiger partial charge in [0.2, 0.25) is 11.8 Å². The summed E-state index contributed by atoms with van der Waals surface area (Å²) in [5.74, 6) is -1.21. The van der Waals surface area contributed by atoms with E-state index in [4.69, 9.17) is 32.7 Å². The van der Waals surface area contributed by atoms with Crippen LogP contribution in [0.3, 0.4) is 0 Å². The van der Waals surface area contributed by atoms with Gasteiger partial charge in [-0.15, -0.1) is 0 Å². The number of halogens is 4. The Morgan fingerprint density at radius 3 is 1.37 bits per heavy atom. The number of nitrogens with one attached hydrogen (secondary N) is 2. The van der Waals surface area contributed by atoms with Crippen molar-refractivity contribution >= 4 is 91.2 Å². The summed E-state index contributed by atoms with van der Waals surface area (Å²) in [4.78, 5) is 49.6. The first-order chi connectivity index (χ1) is 23.6. The maximum absolute atomic E-state index is 12.5. The molecular weight excluding hydrogens is 803 g/mol. The van der Waals surface area contributed by atoms with Gasteiger partial charge in [0.15, 0.2) is 0 Å². The van der Waals surface area contributed by atoms with Gasteiger partial charge in [0.05, 0.1) is 23.6 Å². The van der Waals surface area contributed by atoms with Gasteiger partial charge in [0.1, 0.15) is 11.5 Å². The van der Waals surface area contributed by atoms with Crippen LogP contribution in [0.15, 0.2) is 104 Å². The zero-order valence-electron chi connectivity index (χ0n) is 25.6. The predicted octanol–water partition coefficient (Wildman–Crippen LogP) is 8.51. The predicted molar refractivity (Wildman–Crippen MR) is 196 cm³/mol. The van der Waals surface area contributed by atoms with Crippen LogP contribution in [-0.2, 0) is 9.59 Å². The van der Waals surface area contributed by atoms with Crippen LogP contribution in [0.1, 0.15) is 63.9 Å². The van der Waals surface area contributed by atoms with Gasteiger partial charge in [-0.05, 0) is 97.8 Å². The third kappa shape index (κ3) is 12.6. The number of hydrazone groups is 2. The second-order valence-electron chi connectivity index (χ2n) is 10.3. The van der Waals surface area contributed by atoms with Gasteiger partial charge in [0, 0.05) is 43.0 Å². The average molecular weight is 831 g/mol. The average Bonchev–Trinajstić information content (AvgIpc) is 3.07. The van der Waals surface area contributed by atoms with E-state index in [0.717, 1.165) is 8.95 Å². The number of hydrogen-bond acceptors (Lipinski definition) is 8. The Hall–Kier alpha value is -4.36. The highest BCUT2D eigenvalue weighted by molar-refractivity contribution is 9.10. The minimum Gasteiger partial charge on any atom is -0.422 e. The van der Waals surface area contributed by atoms with Crippen molar-refractivity contribution in [1.29, 1.82) is 0 Å². The van der Waals surface area contributed by atoms with E-state index < -0.39 is 11.9 Å². The molecule has 252 valence electrons. The maximum Gasteiger partial charge on any atom is 0.343 e. The van der Waals surface area contributed by atoms with E-state index in [-0.39, 0.29) is 36.2 Å². The zero-order chi connectivity index (χ0) is 35.2. The van der Waals surface area contributed by atoms with Gasteiger partial charge in [-0.2, -0.15) is 10.2 Å². The van der Waals surface area contributed by atoms with Crippen molar-refractivity contribution in [3.8, 4) is 11.5 Å². The number of carbonyl (C=O) groups excluding carboxylic acids is 4. The number of nitrogens with zero attached hydrogens (tertiary/aromatic N) is 2. The Morgan fingerprint density at radius 2 is 0.980 bits per heavy atom. The molecule has 4 rings (SSSR count). The molecule has 10 nitrogen and oxygen atoms in total. The summed E-state index contributed by atoms with van der Waals surface area (Å²) in [5, 5.41) is 9.00. The Bertz CT molecular complexity index is 1730. The van der Waals surface area contributed by atoms with Crippen molar-refractivity contribution < 1.29 is 28.7 Å². The van der Waals surface area contributed by atoms with E-state index in [1.807, 2.05) is 0 Å². The van der Waals surface area contributed by atoms with Crippen LogP contribution in [0, 0.1) is 0 Å². The SMILES string of the molecule is O=C(CCCCCC(=O)NN=Cc1cc(Br)ccc1OC(=O)c1ccc(Cl)cc1)NN=Cc1cc(Br)ccc1OC(=O)c1ccc(Cl)cc1. The summed E-state index contributed by atoms with van der Waals surface area (Å²) in [6.07, 6.45) is 4.89. The summed E-state index contributed by atoms with van der Waals surface area (Å²) in [5.41, 5.74) is 6.54. The highest BCUT2D eigenvalue weighted by atomic mass is 79.9. The highest BCUT2D eigenvalue weighted by Gasteiger charge is 2.13. The molecule has 0 saturated heterocycles. The van der Waals surface area contributed by atoms with Crippen molar-refractivity contribution in [2.75, 3.05) is 0 Å². The quantitative estimate of drug-likeness (QED) is 0.0430. The van der Waals surface area contributed by atoms with Crippen molar-refractivity contribution in [3.63, 3.8) is 0 Å². The lowest BCUT2D eigenvalue weighted by molar-refractivity contribution is -0.121. The molecule has 2 N–H and O–H groups in total. The first-order valence-corrected chi connectivity index (χ1v) is 17.1. The van der Waals surface area contributed by atoms with Gasteiger partial charge < -0.3 is 9.47 Å². The molecule has 0 radical (unpaired) electrons. The number of hydrogen-bond donors (Lipinski definition) is 2. The van der Waals surface area contributed by atoms with E-state index in [0.29, 0.717) is 51.6 Å². The normalized spacial score (nSPS) is 11.0. The number of amides is 2. The Labute approximate surface area is 309 Å². The number of esters is 2. The second kappa shape index (κ2) is 19.0. The second-order valence-corrected chi connectivity index (χ2v) is 13.0. The molecule has 2 amide bonds. The standard InChI is InChI=1S/C35H28Br2Cl2N4O6/c36-26-10-16-30(48-34(46)22-6-12-28(38)13-7-22)24(18-26)20-40-42-32(44)4-2-1-3-5-33(45)43-41-21-25-19-27(37)11-17-31(25)49-35(47)23-8-14-29(39)15-9-23/h6-21H,1-5H2,(H,42,44)(H,43,45). The molecule has 4 aromatic rings. The molecule has 0 aliphatic carbocycles. The maximum atomic E-state index is 12.5. The fourth-order valence-corrected chi connectivity index (χ4v) is 5.13. The van der Waals surface area contributed by atoms with E-state index in [1.165, 1.54) is 12.4 Å². The topological polar surface area (TPSA) is 136 Å². The van der Waals surface area contributed by atoms with E-state index in [1.54, 1.807) is 84.9 Å². The van der Waals surface area contributed by atoms with Gasteiger partial charge in [0.25, 0.3) is 0 Å². The minimum atomic E-state index is -0.565. The highest BCUT2D eigenvalue weighted by Crippen LogP contribution is 2.24. The van der Waals surface area contributed by atoms with E-state index >= 15 is 0 Å². The van der Waals surface area contributed by atoms with Crippen LogP contribution in [-0.4, -0.2) is 36.2 Å². The monoisotopic (exact) mass is 828 g/mol. The van der Waals surface area contributed by atoms with Crippen LogP contribution >= 0.6 is 55.1 Å². The van der Waals surface area contributed by atoms with E-state index in [2.05, 4.69) is 52.9 Å². The molecule has 4 aromatic carbocycles. The number of benzene rings is 4. The lowest BCUT2D eigenvalue weighted by atomic mass is 10.1. The first-order valence-electron chi connectivity index (χ1n) is 14.8. The van der Waals surface area contributed by atoms with Gasteiger partial charge in [-0.1, -0.05) is 61.5 Å². The Kier molecular flexibility index (Phi) is 14.5. The Morgan fingerprint density at radius 1 is 0.592 bits per heavy atom. The van der Waals surface area contributed by atoms with Crippen molar-refractivity contribution in [1.82, 2.24) is 10.9 Å². The molecule has 0 saturated carbocycles. The first kappa shape index (κ1) is 37.5. The van der Waals surface area contributed by atoms with Crippen LogP contribution < -0.4 is 20.3 Å². The summed E-state index contributed by atoms with van der Waals surface area (Å²) < 4.78 is 12.5. The molecule has 14 heteroatoms. The summed E-state index contributed by atoms with van der Waals surface area (Å²) in [7, 11) is 0. The van der Waals surface area contributed by atoms with Crippen molar-refractivity contribution in [3.05, 3.63) is 126 Å². The van der Waals surface area contributed by atoms with Crippen LogP contribution in [0.25, 0.3) is 0 Å². The number of unbranched alkanes of at least 4 members (excludes halogenated alkanes) is 2. The smallest absolute Gasteiger partial charge is 0.343 e. The fraction of sp³-hybridized carbons (Fsp3) is 0.143.